The van der Waals surface area contributed by atoms with E-state index in [1.807, 2.05) is 42.5 Å². The molecule has 0 spiro atoms. The molecule has 2 N–H and O–H groups in total. The van der Waals surface area contributed by atoms with Crippen LogP contribution in [-0.4, -0.2) is 17.8 Å². The Hall–Kier alpha value is -1.07. The summed E-state index contributed by atoms with van der Waals surface area (Å²) in [4.78, 5) is 0. The second-order valence-corrected chi connectivity index (χ2v) is 6.64. The van der Waals surface area contributed by atoms with E-state index in [2.05, 4.69) is 28.2 Å². The van der Waals surface area contributed by atoms with Gasteiger partial charge >= 0.3 is 0 Å². The van der Waals surface area contributed by atoms with Crippen molar-refractivity contribution in [2.45, 2.75) is 32.5 Å². The number of aliphatic hydroxyl groups excluding tert-OH is 1. The molecule has 3 nitrogen and oxygen atoms in total. The predicted octanol–water partition coefficient (Wildman–Crippen LogP) is 4.54. The molecule has 0 aliphatic rings. The number of halogens is 2. The fourth-order valence-electron chi connectivity index (χ4n) is 2.11. The van der Waals surface area contributed by atoms with Gasteiger partial charge in [-0.2, -0.15) is 0 Å². The van der Waals surface area contributed by atoms with E-state index >= 15 is 0 Å². The summed E-state index contributed by atoms with van der Waals surface area (Å²) in [6, 6.07) is 13.8. The van der Waals surface area contributed by atoms with E-state index < -0.39 is 0 Å². The third-order valence-corrected chi connectivity index (χ3v) is 4.48. The first kappa shape index (κ1) is 18.3. The van der Waals surface area contributed by atoms with Crippen LogP contribution in [0, 0.1) is 0 Å². The van der Waals surface area contributed by atoms with Crippen LogP contribution in [0.3, 0.4) is 0 Å². The molecule has 0 aliphatic heterocycles. The predicted molar refractivity (Wildman–Crippen MR) is 97.9 cm³/mol. The number of hydrogen-bond donors (Lipinski definition) is 2. The zero-order valence-corrected chi connectivity index (χ0v) is 15.4. The minimum atomic E-state index is 0.134. The van der Waals surface area contributed by atoms with Gasteiger partial charge in [0.1, 0.15) is 12.4 Å². The van der Waals surface area contributed by atoms with Gasteiger partial charge in [0.25, 0.3) is 0 Å². The number of rotatable bonds is 8. The standard InChI is InChI=1S/C18H21BrClNO2/c1-2-16(11-22)21-10-14-5-8-18(17(19)9-14)23-12-13-3-6-15(20)7-4-13/h3-9,16,21-22H,2,10-12H2,1H3/t16-/m1/s1. The lowest BCUT2D eigenvalue weighted by atomic mass is 10.2. The van der Waals surface area contributed by atoms with Gasteiger partial charge in [-0.1, -0.05) is 36.7 Å². The summed E-state index contributed by atoms with van der Waals surface area (Å²) in [5.41, 5.74) is 2.21. The Kier molecular flexibility index (Phi) is 7.37. The third-order valence-electron chi connectivity index (χ3n) is 3.61. The number of aliphatic hydroxyl groups is 1. The van der Waals surface area contributed by atoms with Gasteiger partial charge < -0.3 is 15.2 Å². The first-order valence-corrected chi connectivity index (χ1v) is 8.79. The molecular weight excluding hydrogens is 378 g/mol. The maximum absolute atomic E-state index is 9.20. The molecule has 2 aromatic carbocycles. The summed E-state index contributed by atoms with van der Waals surface area (Å²) < 4.78 is 6.75. The number of benzene rings is 2. The lowest BCUT2D eigenvalue weighted by Crippen LogP contribution is -2.31. The Morgan fingerprint density at radius 1 is 1.17 bits per heavy atom. The molecule has 5 heteroatoms. The minimum absolute atomic E-state index is 0.134. The van der Waals surface area contributed by atoms with Crippen molar-refractivity contribution in [2.75, 3.05) is 6.61 Å². The van der Waals surface area contributed by atoms with E-state index in [4.69, 9.17) is 16.3 Å². The van der Waals surface area contributed by atoms with Crippen LogP contribution < -0.4 is 10.1 Å². The molecule has 0 aliphatic carbocycles. The van der Waals surface area contributed by atoms with Crippen LogP contribution in [0.4, 0.5) is 0 Å². The van der Waals surface area contributed by atoms with Crippen molar-refractivity contribution in [3.63, 3.8) is 0 Å². The summed E-state index contributed by atoms with van der Waals surface area (Å²) in [5.74, 6) is 0.804. The SMILES string of the molecule is CC[C@H](CO)NCc1ccc(OCc2ccc(Cl)cc2)c(Br)c1. The summed E-state index contributed by atoms with van der Waals surface area (Å²) in [6.07, 6.45) is 0.903. The molecule has 0 heterocycles. The second kappa shape index (κ2) is 9.28. The van der Waals surface area contributed by atoms with Crippen LogP contribution in [0.2, 0.25) is 5.02 Å². The molecule has 2 aromatic rings. The monoisotopic (exact) mass is 397 g/mol. The maximum atomic E-state index is 9.20. The highest BCUT2D eigenvalue weighted by Gasteiger charge is 2.06. The molecule has 2 rings (SSSR count). The topological polar surface area (TPSA) is 41.5 Å². The van der Waals surface area contributed by atoms with E-state index in [1.165, 1.54) is 0 Å². The van der Waals surface area contributed by atoms with Crippen LogP contribution in [0.1, 0.15) is 24.5 Å². The number of hydrogen-bond acceptors (Lipinski definition) is 3. The fourth-order valence-corrected chi connectivity index (χ4v) is 2.78. The molecule has 0 saturated carbocycles. The first-order chi connectivity index (χ1) is 11.1. The lowest BCUT2D eigenvalue weighted by Gasteiger charge is -2.15. The van der Waals surface area contributed by atoms with E-state index in [9.17, 15) is 5.11 Å². The lowest BCUT2D eigenvalue weighted by molar-refractivity contribution is 0.238. The van der Waals surface area contributed by atoms with Gasteiger partial charge in [0.05, 0.1) is 11.1 Å². The van der Waals surface area contributed by atoms with E-state index in [0.717, 1.165) is 39.3 Å². The molecule has 0 amide bonds. The average molecular weight is 399 g/mol. The van der Waals surface area contributed by atoms with Gasteiger partial charge in [-0.25, -0.2) is 0 Å². The largest absolute Gasteiger partial charge is 0.488 e. The molecule has 0 radical (unpaired) electrons. The van der Waals surface area contributed by atoms with Crippen molar-refractivity contribution in [1.29, 1.82) is 0 Å². The van der Waals surface area contributed by atoms with Gasteiger partial charge in [-0.3, -0.25) is 0 Å². The minimum Gasteiger partial charge on any atom is -0.488 e. The Morgan fingerprint density at radius 2 is 1.87 bits per heavy atom. The van der Waals surface area contributed by atoms with Crippen molar-refractivity contribution >= 4 is 27.5 Å². The van der Waals surface area contributed by atoms with Crippen molar-refractivity contribution < 1.29 is 9.84 Å². The average Bonchev–Trinajstić information content (AvgIpc) is 2.56. The third kappa shape index (κ3) is 5.81. The van der Waals surface area contributed by atoms with Crippen molar-refractivity contribution in [3.05, 3.63) is 63.1 Å². The Morgan fingerprint density at radius 3 is 2.48 bits per heavy atom. The molecule has 124 valence electrons. The Labute approximate surface area is 150 Å². The van der Waals surface area contributed by atoms with Gasteiger partial charge in [-0.05, 0) is 57.7 Å². The Bertz CT molecular complexity index is 615. The molecule has 23 heavy (non-hydrogen) atoms. The Balaban J connectivity index is 1.92. The summed E-state index contributed by atoms with van der Waals surface area (Å²) in [6.45, 7) is 3.42. The molecular formula is C18H21BrClNO2. The molecule has 0 aromatic heterocycles. The second-order valence-electron chi connectivity index (χ2n) is 5.35. The fraction of sp³-hybridized carbons (Fsp3) is 0.333. The van der Waals surface area contributed by atoms with Crippen LogP contribution in [0.15, 0.2) is 46.9 Å². The normalized spacial score (nSPS) is 12.2. The highest BCUT2D eigenvalue weighted by Crippen LogP contribution is 2.27. The van der Waals surface area contributed by atoms with Crippen molar-refractivity contribution in [3.8, 4) is 5.75 Å². The molecule has 0 fully saturated rings. The highest BCUT2D eigenvalue weighted by atomic mass is 79.9. The molecule has 0 bridgehead atoms. The zero-order chi connectivity index (χ0) is 16.7. The number of ether oxygens (including phenoxy) is 1. The van der Waals surface area contributed by atoms with Gasteiger partial charge in [0.2, 0.25) is 0 Å². The maximum Gasteiger partial charge on any atom is 0.134 e. The van der Waals surface area contributed by atoms with Crippen LogP contribution in [0.25, 0.3) is 0 Å². The van der Waals surface area contributed by atoms with E-state index in [1.54, 1.807) is 0 Å². The summed E-state index contributed by atoms with van der Waals surface area (Å²) in [5, 5.41) is 13.2. The first-order valence-electron chi connectivity index (χ1n) is 7.62. The van der Waals surface area contributed by atoms with Crippen molar-refractivity contribution in [1.82, 2.24) is 5.32 Å². The van der Waals surface area contributed by atoms with Crippen LogP contribution in [0.5, 0.6) is 5.75 Å². The van der Waals surface area contributed by atoms with E-state index in [-0.39, 0.29) is 12.6 Å². The van der Waals surface area contributed by atoms with Gasteiger partial charge in [0.15, 0.2) is 0 Å². The molecule has 0 unspecified atom stereocenters. The van der Waals surface area contributed by atoms with Crippen LogP contribution in [-0.2, 0) is 13.2 Å². The van der Waals surface area contributed by atoms with Crippen molar-refractivity contribution in [2.24, 2.45) is 0 Å². The van der Waals surface area contributed by atoms with Crippen LogP contribution >= 0.6 is 27.5 Å². The summed E-state index contributed by atoms with van der Waals surface area (Å²) in [7, 11) is 0. The van der Waals surface area contributed by atoms with E-state index in [0.29, 0.717) is 6.61 Å². The van der Waals surface area contributed by atoms with Gasteiger partial charge in [0, 0.05) is 17.6 Å². The smallest absolute Gasteiger partial charge is 0.134 e. The highest BCUT2D eigenvalue weighted by molar-refractivity contribution is 9.10. The zero-order valence-electron chi connectivity index (χ0n) is 13.1. The molecule has 1 atom stereocenters. The number of nitrogens with one attached hydrogen (secondary N) is 1. The summed E-state index contributed by atoms with van der Waals surface area (Å²) >= 11 is 9.42. The van der Waals surface area contributed by atoms with Gasteiger partial charge in [-0.15, -0.1) is 0 Å². The molecule has 0 saturated heterocycles. The quantitative estimate of drug-likeness (QED) is 0.686.